The summed E-state index contributed by atoms with van der Waals surface area (Å²) in [5, 5.41) is 12.3. The van der Waals surface area contributed by atoms with Gasteiger partial charge in [-0.25, -0.2) is 0 Å². The highest BCUT2D eigenvalue weighted by molar-refractivity contribution is 8.01. The summed E-state index contributed by atoms with van der Waals surface area (Å²) >= 11 is 2.89. The molecule has 0 bridgehead atoms. The lowest BCUT2D eigenvalue weighted by Crippen LogP contribution is -2.05. The summed E-state index contributed by atoms with van der Waals surface area (Å²) in [6.07, 6.45) is 0. The van der Waals surface area contributed by atoms with E-state index >= 15 is 0 Å². The highest BCUT2D eigenvalue weighted by Gasteiger charge is 2.12. The Kier molecular flexibility index (Phi) is 5.50. The van der Waals surface area contributed by atoms with Crippen LogP contribution in [0.25, 0.3) is 0 Å². The molecule has 0 saturated carbocycles. The van der Waals surface area contributed by atoms with E-state index in [1.807, 2.05) is 63.2 Å². The van der Waals surface area contributed by atoms with Crippen LogP contribution >= 0.6 is 23.1 Å². The number of aromatic nitrogens is 2. The average Bonchev–Trinajstić information content (AvgIpc) is 3.04. The Labute approximate surface area is 155 Å². The zero-order valence-electron chi connectivity index (χ0n) is 14.4. The van der Waals surface area contributed by atoms with Crippen LogP contribution in [0.1, 0.15) is 27.0 Å². The van der Waals surface area contributed by atoms with Crippen LogP contribution < -0.4 is 5.32 Å². The fourth-order valence-corrected chi connectivity index (χ4v) is 4.04. The Balaban J connectivity index is 1.63. The van der Waals surface area contributed by atoms with Gasteiger partial charge in [0.15, 0.2) is 10.1 Å². The number of hydrogen-bond acceptors (Lipinski definition) is 6. The number of aryl methyl sites for hydroxylation is 3. The Hall–Kier alpha value is -2.18. The first-order valence-electron chi connectivity index (χ1n) is 7.92. The topological polar surface area (TPSA) is 54.9 Å². The molecule has 4 nitrogen and oxygen atoms in total. The number of para-hydroxylation sites is 1. The fraction of sp³-hybridized carbons (Fsp3) is 0.211. The number of benzene rings is 2. The number of ketones is 1. The van der Waals surface area contributed by atoms with Crippen molar-refractivity contribution in [3.8, 4) is 0 Å². The third-order valence-electron chi connectivity index (χ3n) is 3.81. The van der Waals surface area contributed by atoms with Crippen molar-refractivity contribution in [1.82, 2.24) is 10.2 Å². The van der Waals surface area contributed by atoms with Gasteiger partial charge in [0.25, 0.3) is 0 Å². The third kappa shape index (κ3) is 4.46. The van der Waals surface area contributed by atoms with Crippen molar-refractivity contribution in [2.24, 2.45) is 0 Å². The van der Waals surface area contributed by atoms with Gasteiger partial charge in [-0.2, -0.15) is 0 Å². The summed E-state index contributed by atoms with van der Waals surface area (Å²) < 4.78 is 0.787. The van der Waals surface area contributed by atoms with Gasteiger partial charge in [-0.1, -0.05) is 59.0 Å². The zero-order valence-corrected chi connectivity index (χ0v) is 16.0. The maximum atomic E-state index is 12.5. The number of hydrogen-bond donors (Lipinski definition) is 1. The summed E-state index contributed by atoms with van der Waals surface area (Å²) in [5.74, 6) is 0.485. The van der Waals surface area contributed by atoms with Crippen LogP contribution in [-0.4, -0.2) is 21.7 Å². The molecule has 128 valence electrons. The van der Waals surface area contributed by atoms with Gasteiger partial charge in [0.2, 0.25) is 5.13 Å². The number of thioether (sulfide) groups is 1. The molecule has 0 radical (unpaired) electrons. The van der Waals surface area contributed by atoms with Crippen molar-refractivity contribution in [3.63, 3.8) is 0 Å². The molecule has 3 rings (SSSR count). The van der Waals surface area contributed by atoms with Crippen molar-refractivity contribution in [1.29, 1.82) is 0 Å². The number of nitrogens with zero attached hydrogens (tertiary/aromatic N) is 2. The molecule has 0 aliphatic carbocycles. The molecule has 6 heteroatoms. The first kappa shape index (κ1) is 17.6. The van der Waals surface area contributed by atoms with Crippen molar-refractivity contribution in [3.05, 3.63) is 64.7 Å². The van der Waals surface area contributed by atoms with E-state index in [4.69, 9.17) is 0 Å². The quantitative estimate of drug-likeness (QED) is 0.479. The third-order valence-corrected chi connectivity index (χ3v) is 5.79. The molecule has 1 N–H and O–H groups in total. The van der Waals surface area contributed by atoms with E-state index in [0.717, 1.165) is 37.4 Å². The molecule has 0 aliphatic rings. The molecular weight excluding hydrogens is 350 g/mol. The van der Waals surface area contributed by atoms with Crippen molar-refractivity contribution in [2.45, 2.75) is 25.1 Å². The van der Waals surface area contributed by atoms with Crippen LogP contribution in [0, 0.1) is 20.8 Å². The average molecular weight is 370 g/mol. The molecule has 0 atom stereocenters. The van der Waals surface area contributed by atoms with E-state index in [-0.39, 0.29) is 5.78 Å². The Bertz CT molecular complexity index is 905. The Morgan fingerprint density at radius 2 is 1.88 bits per heavy atom. The number of rotatable bonds is 6. The molecule has 1 aromatic heterocycles. The molecule has 0 unspecified atom stereocenters. The monoisotopic (exact) mass is 369 g/mol. The van der Waals surface area contributed by atoms with E-state index in [0.29, 0.717) is 5.75 Å². The minimum Gasteiger partial charge on any atom is -0.330 e. The summed E-state index contributed by atoms with van der Waals surface area (Å²) in [6.45, 7) is 6.01. The molecule has 0 aliphatic heterocycles. The molecule has 0 spiro atoms. The largest absolute Gasteiger partial charge is 0.330 e. The summed E-state index contributed by atoms with van der Waals surface area (Å²) in [7, 11) is 0. The maximum absolute atomic E-state index is 12.5. The smallest absolute Gasteiger partial charge is 0.210 e. The number of nitrogens with one attached hydrogen (secondary N) is 1. The summed E-state index contributed by atoms with van der Waals surface area (Å²) in [6, 6.07) is 14.0. The van der Waals surface area contributed by atoms with Gasteiger partial charge in [0.05, 0.1) is 5.75 Å². The number of Topliss-reactive ketones (excluding diaryl/α,β-unsaturated/α-hetero) is 1. The zero-order chi connectivity index (χ0) is 17.8. The SMILES string of the molecule is Cc1ccc(C)c(C(=O)CSc2nnc(Nc3ccccc3C)s2)c1. The second kappa shape index (κ2) is 7.80. The first-order valence-corrected chi connectivity index (χ1v) is 9.72. The second-order valence-electron chi connectivity index (χ2n) is 5.84. The molecule has 1 heterocycles. The maximum Gasteiger partial charge on any atom is 0.210 e. The van der Waals surface area contributed by atoms with Crippen molar-refractivity contribution >= 4 is 39.7 Å². The van der Waals surface area contributed by atoms with E-state index in [1.165, 1.54) is 23.1 Å². The molecule has 0 fully saturated rings. The van der Waals surface area contributed by atoms with Crippen LogP contribution in [0.2, 0.25) is 0 Å². The lowest BCUT2D eigenvalue weighted by Gasteiger charge is -2.05. The first-order chi connectivity index (χ1) is 12.0. The van der Waals surface area contributed by atoms with Crippen LogP contribution in [-0.2, 0) is 0 Å². The Morgan fingerprint density at radius 3 is 2.68 bits per heavy atom. The molecule has 0 saturated heterocycles. The molecular formula is C19H19N3OS2. The molecule has 25 heavy (non-hydrogen) atoms. The number of carbonyl (C=O) groups is 1. The van der Waals surface area contributed by atoms with Crippen LogP contribution in [0.15, 0.2) is 46.8 Å². The van der Waals surface area contributed by atoms with Crippen molar-refractivity contribution in [2.75, 3.05) is 11.1 Å². The van der Waals surface area contributed by atoms with Crippen LogP contribution in [0.3, 0.4) is 0 Å². The van der Waals surface area contributed by atoms with Gasteiger partial charge in [-0.05, 0) is 44.0 Å². The van der Waals surface area contributed by atoms with Crippen LogP contribution in [0.4, 0.5) is 10.8 Å². The predicted octanol–water partition coefficient (Wildman–Crippen LogP) is 5.18. The normalized spacial score (nSPS) is 10.7. The van der Waals surface area contributed by atoms with E-state index < -0.39 is 0 Å². The Morgan fingerprint density at radius 1 is 1.08 bits per heavy atom. The highest BCUT2D eigenvalue weighted by Crippen LogP contribution is 2.29. The van der Waals surface area contributed by atoms with Gasteiger partial charge in [0, 0.05) is 11.3 Å². The van der Waals surface area contributed by atoms with Gasteiger partial charge in [-0.15, -0.1) is 10.2 Å². The van der Waals surface area contributed by atoms with E-state index in [2.05, 4.69) is 15.5 Å². The van der Waals surface area contributed by atoms with Gasteiger partial charge in [-0.3, -0.25) is 4.79 Å². The van der Waals surface area contributed by atoms with Gasteiger partial charge < -0.3 is 5.32 Å². The van der Waals surface area contributed by atoms with Crippen LogP contribution in [0.5, 0.6) is 0 Å². The summed E-state index contributed by atoms with van der Waals surface area (Å²) in [4.78, 5) is 12.5. The minimum absolute atomic E-state index is 0.120. The van der Waals surface area contributed by atoms with Gasteiger partial charge >= 0.3 is 0 Å². The second-order valence-corrected chi connectivity index (χ2v) is 8.04. The van der Waals surface area contributed by atoms with E-state index in [9.17, 15) is 4.79 Å². The minimum atomic E-state index is 0.120. The lowest BCUT2D eigenvalue weighted by atomic mass is 10.0. The fourth-order valence-electron chi connectivity index (χ4n) is 2.39. The summed E-state index contributed by atoms with van der Waals surface area (Å²) in [5.41, 5.74) is 5.06. The predicted molar refractivity (Wildman–Crippen MR) is 105 cm³/mol. The highest BCUT2D eigenvalue weighted by atomic mass is 32.2. The van der Waals surface area contributed by atoms with E-state index in [1.54, 1.807) is 0 Å². The number of anilines is 2. The standard InChI is InChI=1S/C19H19N3OS2/c1-12-8-9-13(2)15(10-12)17(23)11-24-19-22-21-18(25-19)20-16-7-5-4-6-14(16)3/h4-10H,11H2,1-3H3,(H,20,21). The lowest BCUT2D eigenvalue weighted by molar-refractivity contribution is 0.102. The number of carbonyl (C=O) groups excluding carboxylic acids is 1. The van der Waals surface area contributed by atoms with Crippen molar-refractivity contribution < 1.29 is 4.79 Å². The molecule has 0 amide bonds. The molecule has 3 aromatic rings. The molecule has 2 aromatic carbocycles. The van der Waals surface area contributed by atoms with Gasteiger partial charge in [0.1, 0.15) is 0 Å².